The molecular weight excluding hydrogens is 492 g/mol. The first-order chi connectivity index (χ1) is 19.4. The molecule has 0 saturated carbocycles. The largest absolute Gasteiger partial charge is 0.312 e. The van der Waals surface area contributed by atoms with Gasteiger partial charge in [0.1, 0.15) is 0 Å². The van der Waals surface area contributed by atoms with Crippen molar-refractivity contribution in [1.29, 1.82) is 0 Å². The minimum absolute atomic E-state index is 1.05. The summed E-state index contributed by atoms with van der Waals surface area (Å²) < 4.78 is 7.66. The fraction of sp³-hybridized carbons (Fsp3) is 0.0556. The third-order valence-electron chi connectivity index (χ3n) is 8.38. The number of rotatable bonds is 2. The maximum atomic E-state index is 2.53. The van der Waals surface area contributed by atoms with Gasteiger partial charge in [0.15, 0.2) is 0 Å². The molecule has 8 aromatic rings. The molecule has 0 N–H and O–H groups in total. The summed E-state index contributed by atoms with van der Waals surface area (Å²) in [5, 5.41) is 6.59. The van der Waals surface area contributed by atoms with E-state index in [0.29, 0.717) is 0 Å². The SMILES string of the molecule is C1=Cc2c(n(-c3cccc4c3c3ccccc3n4-c3ccc4sc5ccccc5c4c3)c3ccccc23)CC1. The molecule has 0 spiro atoms. The van der Waals surface area contributed by atoms with E-state index >= 15 is 0 Å². The quantitative estimate of drug-likeness (QED) is 0.216. The van der Waals surface area contributed by atoms with Crippen molar-refractivity contribution < 1.29 is 0 Å². The molecule has 1 aliphatic rings. The molecule has 0 saturated heterocycles. The first-order valence-electron chi connectivity index (χ1n) is 13.6. The molecule has 3 heterocycles. The van der Waals surface area contributed by atoms with Crippen molar-refractivity contribution in [3.8, 4) is 11.4 Å². The van der Waals surface area contributed by atoms with Gasteiger partial charge in [-0.2, -0.15) is 0 Å². The second-order valence-corrected chi connectivity index (χ2v) is 11.5. The molecule has 1 aliphatic carbocycles. The second-order valence-electron chi connectivity index (χ2n) is 10.5. The van der Waals surface area contributed by atoms with E-state index in [-0.39, 0.29) is 0 Å². The van der Waals surface area contributed by atoms with Gasteiger partial charge in [0, 0.05) is 53.3 Å². The Hall–Kier alpha value is -4.60. The molecule has 3 aromatic heterocycles. The molecule has 3 heteroatoms. The van der Waals surface area contributed by atoms with Crippen molar-refractivity contribution in [2.24, 2.45) is 0 Å². The molecule has 2 nitrogen and oxygen atoms in total. The van der Waals surface area contributed by atoms with E-state index in [1.807, 2.05) is 11.3 Å². The van der Waals surface area contributed by atoms with Crippen LogP contribution >= 0.6 is 11.3 Å². The van der Waals surface area contributed by atoms with Crippen LogP contribution in [0.2, 0.25) is 0 Å². The monoisotopic (exact) mass is 516 g/mol. The highest BCUT2D eigenvalue weighted by atomic mass is 32.1. The maximum Gasteiger partial charge on any atom is 0.0562 e. The molecule has 0 radical (unpaired) electrons. The zero-order valence-corrected chi connectivity index (χ0v) is 22.1. The number of allylic oxidation sites excluding steroid dienone is 1. The zero-order valence-electron chi connectivity index (χ0n) is 21.3. The van der Waals surface area contributed by atoms with Gasteiger partial charge in [-0.05, 0) is 61.4 Å². The normalized spacial score (nSPS) is 13.3. The molecular formula is C36H24N2S. The summed E-state index contributed by atoms with van der Waals surface area (Å²) in [6, 6.07) is 40.3. The van der Waals surface area contributed by atoms with E-state index < -0.39 is 0 Å². The fourth-order valence-corrected chi connectivity index (χ4v) is 7.85. The lowest BCUT2D eigenvalue weighted by molar-refractivity contribution is 0.892. The van der Waals surface area contributed by atoms with Gasteiger partial charge in [0.25, 0.3) is 0 Å². The molecule has 0 atom stereocenters. The number of thiophene rings is 1. The molecule has 0 aliphatic heterocycles. The lowest BCUT2D eigenvalue weighted by Gasteiger charge is -2.15. The number of hydrogen-bond acceptors (Lipinski definition) is 1. The zero-order chi connectivity index (χ0) is 25.5. The van der Waals surface area contributed by atoms with Crippen LogP contribution in [0.4, 0.5) is 0 Å². The Labute approximate surface area is 229 Å². The Balaban J connectivity index is 1.40. The first-order valence-corrected chi connectivity index (χ1v) is 14.4. The van der Waals surface area contributed by atoms with Crippen LogP contribution in [0.3, 0.4) is 0 Å². The van der Waals surface area contributed by atoms with E-state index in [9.17, 15) is 0 Å². The van der Waals surface area contributed by atoms with Crippen LogP contribution < -0.4 is 0 Å². The molecule has 0 amide bonds. The van der Waals surface area contributed by atoms with Gasteiger partial charge in [0.2, 0.25) is 0 Å². The molecule has 0 fully saturated rings. The summed E-state index contributed by atoms with van der Waals surface area (Å²) in [5.74, 6) is 0. The smallest absolute Gasteiger partial charge is 0.0562 e. The highest BCUT2D eigenvalue weighted by molar-refractivity contribution is 7.25. The summed E-state index contributed by atoms with van der Waals surface area (Å²) in [6.07, 6.45) is 6.77. The average Bonchev–Trinajstić information content (AvgIpc) is 3.64. The van der Waals surface area contributed by atoms with E-state index in [2.05, 4.69) is 130 Å². The summed E-state index contributed by atoms with van der Waals surface area (Å²) in [5.41, 5.74) is 9.01. The van der Waals surface area contributed by atoms with Crippen molar-refractivity contribution in [2.45, 2.75) is 12.8 Å². The number of aromatic nitrogens is 2. The van der Waals surface area contributed by atoms with Gasteiger partial charge in [-0.15, -0.1) is 11.3 Å². The predicted octanol–water partition coefficient (Wildman–Crippen LogP) is 10.1. The van der Waals surface area contributed by atoms with E-state index in [4.69, 9.17) is 0 Å². The van der Waals surface area contributed by atoms with Gasteiger partial charge in [-0.1, -0.05) is 72.8 Å². The highest BCUT2D eigenvalue weighted by Crippen LogP contribution is 2.41. The van der Waals surface area contributed by atoms with Crippen LogP contribution in [0.25, 0.3) is 70.3 Å². The summed E-state index contributed by atoms with van der Waals surface area (Å²) >= 11 is 1.87. The van der Waals surface area contributed by atoms with E-state index in [1.165, 1.54) is 75.5 Å². The summed E-state index contributed by atoms with van der Waals surface area (Å²) in [4.78, 5) is 0. The van der Waals surface area contributed by atoms with Crippen molar-refractivity contribution in [3.63, 3.8) is 0 Å². The van der Waals surface area contributed by atoms with Crippen LogP contribution in [0.5, 0.6) is 0 Å². The van der Waals surface area contributed by atoms with Gasteiger partial charge in [0.05, 0.1) is 22.2 Å². The van der Waals surface area contributed by atoms with Gasteiger partial charge < -0.3 is 9.13 Å². The van der Waals surface area contributed by atoms with Crippen molar-refractivity contribution in [3.05, 3.63) is 127 Å². The van der Waals surface area contributed by atoms with Crippen LogP contribution in [0, 0.1) is 0 Å². The Morgan fingerprint density at radius 1 is 0.564 bits per heavy atom. The maximum absolute atomic E-state index is 2.53. The average molecular weight is 517 g/mol. The Bertz CT molecular complexity index is 2290. The Morgan fingerprint density at radius 2 is 1.28 bits per heavy atom. The fourth-order valence-electron chi connectivity index (χ4n) is 6.76. The van der Waals surface area contributed by atoms with Crippen LogP contribution in [-0.2, 0) is 6.42 Å². The van der Waals surface area contributed by atoms with Crippen molar-refractivity contribution in [2.75, 3.05) is 0 Å². The predicted molar refractivity (Wildman–Crippen MR) is 168 cm³/mol. The molecule has 5 aromatic carbocycles. The minimum Gasteiger partial charge on any atom is -0.312 e. The lowest BCUT2D eigenvalue weighted by Crippen LogP contribution is -2.03. The standard InChI is InChI=1S/C36H24N2S/c1-5-14-29-24(10-1)25-11-2-6-15-30(25)38(29)33-18-9-17-32-36(33)27-13-3-7-16-31(27)37(32)23-20-21-35-28(22-23)26-12-4-8-19-34(26)39-35/h1-5,7-14,16-22H,6,15H2. The van der Waals surface area contributed by atoms with E-state index in [0.717, 1.165) is 12.8 Å². The highest BCUT2D eigenvalue weighted by Gasteiger charge is 2.22. The third-order valence-corrected chi connectivity index (χ3v) is 9.54. The van der Waals surface area contributed by atoms with Crippen molar-refractivity contribution >= 4 is 70.3 Å². The third kappa shape index (κ3) is 2.91. The second kappa shape index (κ2) is 7.95. The van der Waals surface area contributed by atoms with E-state index in [1.54, 1.807) is 0 Å². The topological polar surface area (TPSA) is 9.86 Å². The Kier molecular flexibility index (Phi) is 4.35. The van der Waals surface area contributed by atoms with Crippen LogP contribution in [0.1, 0.15) is 17.7 Å². The van der Waals surface area contributed by atoms with Gasteiger partial charge in [-0.3, -0.25) is 0 Å². The number of hydrogen-bond donors (Lipinski definition) is 0. The van der Waals surface area contributed by atoms with Crippen LogP contribution in [0.15, 0.2) is 115 Å². The number of para-hydroxylation sites is 2. The number of fused-ring (bicyclic) bond motifs is 9. The molecule has 184 valence electrons. The number of benzene rings is 5. The minimum atomic E-state index is 1.05. The Morgan fingerprint density at radius 3 is 2.18 bits per heavy atom. The summed E-state index contributed by atoms with van der Waals surface area (Å²) in [6.45, 7) is 0. The van der Waals surface area contributed by atoms with Crippen molar-refractivity contribution in [1.82, 2.24) is 9.13 Å². The number of nitrogens with zero attached hydrogens (tertiary/aromatic N) is 2. The first kappa shape index (κ1) is 21.3. The van der Waals surface area contributed by atoms with Crippen LogP contribution in [-0.4, -0.2) is 9.13 Å². The summed E-state index contributed by atoms with van der Waals surface area (Å²) in [7, 11) is 0. The lowest BCUT2D eigenvalue weighted by atomic mass is 10.0. The molecule has 39 heavy (non-hydrogen) atoms. The molecule has 0 bridgehead atoms. The molecule has 9 rings (SSSR count). The van der Waals surface area contributed by atoms with Gasteiger partial charge in [-0.25, -0.2) is 0 Å². The van der Waals surface area contributed by atoms with Gasteiger partial charge >= 0.3 is 0 Å². The molecule has 0 unspecified atom stereocenters.